The van der Waals surface area contributed by atoms with Crippen molar-refractivity contribution < 1.29 is 4.42 Å². The smallest absolute Gasteiger partial charge is 0.225 e. The first-order valence-electron chi connectivity index (χ1n) is 5.95. The second-order valence-corrected chi connectivity index (χ2v) is 4.99. The number of fused-ring (bicyclic) bond motifs is 1. The van der Waals surface area contributed by atoms with Gasteiger partial charge in [0.15, 0.2) is 5.65 Å². The van der Waals surface area contributed by atoms with Gasteiger partial charge in [-0.3, -0.25) is 5.10 Å². The van der Waals surface area contributed by atoms with Gasteiger partial charge in [-0.1, -0.05) is 11.8 Å². The van der Waals surface area contributed by atoms with E-state index in [0.717, 1.165) is 33.3 Å². The van der Waals surface area contributed by atoms with Gasteiger partial charge in [0, 0.05) is 6.54 Å². The summed E-state index contributed by atoms with van der Waals surface area (Å²) in [6.45, 7) is 4.71. The molecule has 0 saturated carbocycles. The molecule has 7 heteroatoms. The Morgan fingerprint density at radius 3 is 3.05 bits per heavy atom. The van der Waals surface area contributed by atoms with Crippen molar-refractivity contribution in [1.82, 2.24) is 20.2 Å². The third-order valence-corrected chi connectivity index (χ3v) is 3.78. The average molecular weight is 275 g/mol. The van der Waals surface area contributed by atoms with Gasteiger partial charge in [0.2, 0.25) is 5.95 Å². The van der Waals surface area contributed by atoms with Crippen molar-refractivity contribution >= 4 is 28.7 Å². The fraction of sp³-hybridized carbons (Fsp3) is 0.250. The van der Waals surface area contributed by atoms with E-state index in [1.807, 2.05) is 19.9 Å². The molecule has 6 nitrogen and oxygen atoms in total. The molecule has 19 heavy (non-hydrogen) atoms. The molecule has 0 amide bonds. The van der Waals surface area contributed by atoms with Gasteiger partial charge in [0.05, 0.1) is 22.7 Å². The van der Waals surface area contributed by atoms with E-state index in [-0.39, 0.29) is 0 Å². The molecular formula is C12H13N5OS. The Balaban J connectivity index is 2.05. The predicted octanol–water partition coefficient (Wildman–Crippen LogP) is 2.84. The first-order valence-corrected chi connectivity index (χ1v) is 6.76. The predicted molar refractivity (Wildman–Crippen MR) is 73.4 cm³/mol. The SMILES string of the molecule is CCNc1nc(Sc2ccoc2C)c2cn[nH]c2n1. The first-order chi connectivity index (χ1) is 9.28. The average Bonchev–Trinajstić information content (AvgIpc) is 3.00. The van der Waals surface area contributed by atoms with E-state index in [2.05, 4.69) is 25.5 Å². The number of H-pyrrole nitrogens is 1. The highest BCUT2D eigenvalue weighted by molar-refractivity contribution is 7.99. The van der Waals surface area contributed by atoms with Crippen LogP contribution >= 0.6 is 11.8 Å². The number of aryl methyl sites for hydroxylation is 1. The fourth-order valence-electron chi connectivity index (χ4n) is 1.71. The maximum atomic E-state index is 5.30. The molecule has 98 valence electrons. The van der Waals surface area contributed by atoms with Gasteiger partial charge in [-0.05, 0) is 19.9 Å². The zero-order chi connectivity index (χ0) is 13.2. The van der Waals surface area contributed by atoms with Crippen molar-refractivity contribution in [2.75, 3.05) is 11.9 Å². The summed E-state index contributed by atoms with van der Waals surface area (Å²) < 4.78 is 5.30. The third-order valence-electron chi connectivity index (χ3n) is 2.63. The topological polar surface area (TPSA) is 79.6 Å². The largest absolute Gasteiger partial charge is 0.468 e. The van der Waals surface area contributed by atoms with E-state index in [4.69, 9.17) is 4.42 Å². The van der Waals surface area contributed by atoms with E-state index in [1.165, 1.54) is 0 Å². The van der Waals surface area contributed by atoms with Crippen molar-refractivity contribution in [3.8, 4) is 0 Å². The van der Waals surface area contributed by atoms with Crippen molar-refractivity contribution in [3.05, 3.63) is 24.3 Å². The molecule has 3 aromatic rings. The van der Waals surface area contributed by atoms with E-state index < -0.39 is 0 Å². The zero-order valence-corrected chi connectivity index (χ0v) is 11.4. The van der Waals surface area contributed by atoms with Crippen LogP contribution in [0, 0.1) is 6.92 Å². The lowest BCUT2D eigenvalue weighted by Gasteiger charge is -2.05. The van der Waals surface area contributed by atoms with Gasteiger partial charge in [-0.25, -0.2) is 4.98 Å². The first kappa shape index (κ1) is 12.0. The normalized spacial score (nSPS) is 11.1. The molecule has 0 atom stereocenters. The monoisotopic (exact) mass is 275 g/mol. The van der Waals surface area contributed by atoms with Crippen LogP contribution in [0.25, 0.3) is 11.0 Å². The number of nitrogens with one attached hydrogen (secondary N) is 2. The second kappa shape index (κ2) is 4.93. The lowest BCUT2D eigenvalue weighted by Crippen LogP contribution is -2.02. The molecule has 2 N–H and O–H groups in total. The van der Waals surface area contributed by atoms with E-state index in [1.54, 1.807) is 24.2 Å². The Kier molecular flexibility index (Phi) is 3.12. The summed E-state index contributed by atoms with van der Waals surface area (Å²) in [7, 11) is 0. The third kappa shape index (κ3) is 2.28. The number of rotatable bonds is 4. The molecule has 3 aromatic heterocycles. The highest BCUT2D eigenvalue weighted by atomic mass is 32.2. The number of furan rings is 1. The van der Waals surface area contributed by atoms with Crippen LogP contribution in [0.4, 0.5) is 5.95 Å². The van der Waals surface area contributed by atoms with E-state index in [0.29, 0.717) is 5.95 Å². The van der Waals surface area contributed by atoms with Crippen molar-refractivity contribution in [1.29, 1.82) is 0 Å². The molecule has 0 spiro atoms. The van der Waals surface area contributed by atoms with Gasteiger partial charge in [0.25, 0.3) is 0 Å². The summed E-state index contributed by atoms with van der Waals surface area (Å²) in [6, 6.07) is 1.93. The molecule has 0 unspecified atom stereocenters. The van der Waals surface area contributed by atoms with Crippen LogP contribution < -0.4 is 5.32 Å². The molecule has 0 bridgehead atoms. The fourth-order valence-corrected chi connectivity index (χ4v) is 2.62. The van der Waals surface area contributed by atoms with E-state index >= 15 is 0 Å². The van der Waals surface area contributed by atoms with Gasteiger partial charge >= 0.3 is 0 Å². The number of anilines is 1. The van der Waals surface area contributed by atoms with Crippen molar-refractivity contribution in [2.45, 2.75) is 23.8 Å². The minimum absolute atomic E-state index is 0.600. The molecule has 3 rings (SSSR count). The Morgan fingerprint density at radius 2 is 2.32 bits per heavy atom. The van der Waals surface area contributed by atoms with Gasteiger partial charge < -0.3 is 9.73 Å². The minimum atomic E-state index is 0.600. The number of aromatic amines is 1. The number of hydrogen-bond acceptors (Lipinski definition) is 6. The molecule has 0 saturated heterocycles. The lowest BCUT2D eigenvalue weighted by atomic mass is 10.4. The molecule has 0 aliphatic rings. The summed E-state index contributed by atoms with van der Waals surface area (Å²) in [4.78, 5) is 9.92. The standard InChI is InChI=1S/C12H13N5OS/c1-3-13-12-15-10-8(6-14-17-10)11(16-12)19-9-4-5-18-7(9)2/h4-6H,3H2,1-2H3,(H2,13,14,15,16,17). The van der Waals surface area contributed by atoms with Crippen LogP contribution in [-0.2, 0) is 0 Å². The summed E-state index contributed by atoms with van der Waals surface area (Å²) >= 11 is 1.55. The summed E-state index contributed by atoms with van der Waals surface area (Å²) in [5.74, 6) is 1.48. The molecule has 0 aliphatic carbocycles. The molecular weight excluding hydrogens is 262 g/mol. The summed E-state index contributed by atoms with van der Waals surface area (Å²) in [5.41, 5.74) is 0.731. The maximum absolute atomic E-state index is 5.30. The highest BCUT2D eigenvalue weighted by Crippen LogP contribution is 2.33. The molecule has 0 aromatic carbocycles. The number of aromatic nitrogens is 4. The minimum Gasteiger partial charge on any atom is -0.468 e. The molecule has 0 aliphatic heterocycles. The van der Waals surface area contributed by atoms with Crippen LogP contribution in [0.2, 0.25) is 0 Å². The van der Waals surface area contributed by atoms with Crippen LogP contribution in [0.1, 0.15) is 12.7 Å². The van der Waals surface area contributed by atoms with E-state index in [9.17, 15) is 0 Å². The second-order valence-electron chi connectivity index (χ2n) is 3.96. The molecule has 3 heterocycles. The summed E-state index contributed by atoms with van der Waals surface area (Å²) in [6.07, 6.45) is 3.42. The zero-order valence-electron chi connectivity index (χ0n) is 10.6. The Hall–Kier alpha value is -2.02. The van der Waals surface area contributed by atoms with Gasteiger partial charge in [-0.15, -0.1) is 0 Å². The number of hydrogen-bond donors (Lipinski definition) is 2. The van der Waals surface area contributed by atoms with Crippen molar-refractivity contribution in [3.63, 3.8) is 0 Å². The quantitative estimate of drug-likeness (QED) is 0.713. The Morgan fingerprint density at radius 1 is 1.42 bits per heavy atom. The van der Waals surface area contributed by atoms with Gasteiger partial charge in [-0.2, -0.15) is 10.1 Å². The summed E-state index contributed by atoms with van der Waals surface area (Å²) in [5, 5.41) is 11.8. The maximum Gasteiger partial charge on any atom is 0.225 e. The van der Waals surface area contributed by atoms with Gasteiger partial charge in [0.1, 0.15) is 10.8 Å². The van der Waals surface area contributed by atoms with Crippen LogP contribution in [0.15, 0.2) is 32.9 Å². The molecule has 0 fully saturated rings. The van der Waals surface area contributed by atoms with Crippen LogP contribution in [-0.4, -0.2) is 26.7 Å². The van der Waals surface area contributed by atoms with Crippen LogP contribution in [0.5, 0.6) is 0 Å². The lowest BCUT2D eigenvalue weighted by molar-refractivity contribution is 0.527. The Bertz CT molecular complexity index is 705. The number of nitrogens with zero attached hydrogens (tertiary/aromatic N) is 3. The Labute approximate surface area is 114 Å². The van der Waals surface area contributed by atoms with Crippen LogP contribution in [0.3, 0.4) is 0 Å². The van der Waals surface area contributed by atoms with Crippen molar-refractivity contribution in [2.24, 2.45) is 0 Å². The highest BCUT2D eigenvalue weighted by Gasteiger charge is 2.12. The molecule has 0 radical (unpaired) electrons.